The van der Waals surface area contributed by atoms with Crippen LogP contribution in [0, 0.1) is 0 Å². The molecule has 0 amide bonds. The van der Waals surface area contributed by atoms with Gasteiger partial charge in [0, 0.05) is 24.2 Å². The second-order valence-electron chi connectivity index (χ2n) is 5.48. The Balaban J connectivity index is 2.43. The lowest BCUT2D eigenvalue weighted by Gasteiger charge is -2.27. The second kappa shape index (κ2) is 6.30. The predicted octanol–water partition coefficient (Wildman–Crippen LogP) is 2.29. The number of hydrogen-bond acceptors (Lipinski definition) is 4. The van der Waals surface area contributed by atoms with Crippen molar-refractivity contribution in [1.29, 1.82) is 0 Å². The van der Waals surface area contributed by atoms with E-state index in [1.165, 1.54) is 16.4 Å². The van der Waals surface area contributed by atoms with E-state index in [1.54, 1.807) is 0 Å². The summed E-state index contributed by atoms with van der Waals surface area (Å²) in [5.41, 5.74) is 5.92. The number of sulfonamides is 1. The van der Waals surface area contributed by atoms with Crippen LogP contribution in [-0.4, -0.2) is 50.8 Å². The molecule has 0 aromatic heterocycles. The van der Waals surface area contributed by atoms with Gasteiger partial charge in [-0.1, -0.05) is 23.2 Å². The van der Waals surface area contributed by atoms with Crippen LogP contribution in [-0.2, 0) is 10.0 Å². The lowest BCUT2D eigenvalue weighted by Crippen LogP contribution is -2.41. The minimum Gasteiger partial charge on any atom is -0.398 e. The van der Waals surface area contributed by atoms with E-state index < -0.39 is 10.0 Å². The minimum atomic E-state index is -3.72. The fraction of sp³-hybridized carbons (Fsp3) is 0.538. The summed E-state index contributed by atoms with van der Waals surface area (Å²) in [6, 6.07) is 2.76. The molecule has 1 aromatic rings. The van der Waals surface area contributed by atoms with Gasteiger partial charge < -0.3 is 10.6 Å². The highest BCUT2D eigenvalue weighted by Crippen LogP contribution is 2.36. The van der Waals surface area contributed by atoms with Crippen molar-refractivity contribution < 1.29 is 8.42 Å². The van der Waals surface area contributed by atoms with Gasteiger partial charge in [-0.25, -0.2) is 8.42 Å². The molecule has 118 valence electrons. The van der Waals surface area contributed by atoms with E-state index in [0.717, 1.165) is 12.8 Å². The first-order valence-electron chi connectivity index (χ1n) is 6.64. The molecule has 5 nitrogen and oxygen atoms in total. The van der Waals surface area contributed by atoms with E-state index in [1.807, 2.05) is 19.0 Å². The van der Waals surface area contributed by atoms with Crippen LogP contribution in [0.15, 0.2) is 17.0 Å². The average Bonchev–Trinajstić information content (AvgIpc) is 2.74. The Morgan fingerprint density at radius 2 is 2.05 bits per heavy atom. The molecule has 1 aliphatic rings. The van der Waals surface area contributed by atoms with Crippen molar-refractivity contribution in [3.63, 3.8) is 0 Å². The van der Waals surface area contributed by atoms with Gasteiger partial charge in [-0.2, -0.15) is 4.31 Å². The first-order chi connectivity index (χ1) is 9.73. The van der Waals surface area contributed by atoms with Gasteiger partial charge in [0.2, 0.25) is 10.0 Å². The molecule has 1 aliphatic heterocycles. The Bertz CT molecular complexity index is 611. The molecule has 2 N–H and O–H groups in total. The first-order valence-corrected chi connectivity index (χ1v) is 8.84. The molecule has 2 rings (SSSR count). The summed E-state index contributed by atoms with van der Waals surface area (Å²) >= 11 is 11.9. The zero-order valence-electron chi connectivity index (χ0n) is 12.0. The van der Waals surface area contributed by atoms with Crippen molar-refractivity contribution in [2.75, 3.05) is 32.9 Å². The van der Waals surface area contributed by atoms with Crippen molar-refractivity contribution in [3.8, 4) is 0 Å². The third-order valence-electron chi connectivity index (χ3n) is 3.50. The monoisotopic (exact) mass is 351 g/mol. The summed E-state index contributed by atoms with van der Waals surface area (Å²) in [7, 11) is 0.126. The molecule has 21 heavy (non-hydrogen) atoms. The molecule has 1 unspecified atom stereocenters. The van der Waals surface area contributed by atoms with Gasteiger partial charge in [-0.15, -0.1) is 0 Å². The summed E-state index contributed by atoms with van der Waals surface area (Å²) < 4.78 is 27.3. The van der Waals surface area contributed by atoms with E-state index in [4.69, 9.17) is 28.9 Å². The number of rotatable bonds is 4. The van der Waals surface area contributed by atoms with E-state index in [2.05, 4.69) is 0 Å². The highest BCUT2D eigenvalue weighted by molar-refractivity contribution is 7.89. The van der Waals surface area contributed by atoms with Gasteiger partial charge >= 0.3 is 0 Å². The van der Waals surface area contributed by atoms with Crippen LogP contribution in [0.25, 0.3) is 0 Å². The molecule has 0 aliphatic carbocycles. The third kappa shape index (κ3) is 3.46. The van der Waals surface area contributed by atoms with E-state index in [0.29, 0.717) is 18.1 Å². The molecule has 0 spiro atoms. The average molecular weight is 352 g/mol. The summed E-state index contributed by atoms with van der Waals surface area (Å²) in [6.45, 7) is 1.16. The SMILES string of the molecule is CN(C)CC1CCCN1S(=O)(=O)c1c(N)cc(Cl)cc1Cl. The Kier molecular flexibility index (Phi) is 5.05. The second-order valence-corrected chi connectivity index (χ2v) is 8.15. The quantitative estimate of drug-likeness (QED) is 0.845. The number of likely N-dealkylation sites (N-methyl/N-ethyl adjacent to an activating group) is 1. The molecule has 0 saturated carbocycles. The Hall–Kier alpha value is -0.530. The number of hydrogen-bond donors (Lipinski definition) is 1. The third-order valence-corrected chi connectivity index (χ3v) is 6.20. The fourth-order valence-corrected chi connectivity index (χ4v) is 5.33. The van der Waals surface area contributed by atoms with E-state index in [9.17, 15) is 8.42 Å². The zero-order valence-corrected chi connectivity index (χ0v) is 14.3. The maximum absolute atomic E-state index is 12.9. The molecule has 0 radical (unpaired) electrons. The topological polar surface area (TPSA) is 66.6 Å². The minimum absolute atomic E-state index is 0.0424. The summed E-state index contributed by atoms with van der Waals surface area (Å²) in [5.74, 6) is 0. The molecule has 1 heterocycles. The number of benzene rings is 1. The molecule has 1 aromatic carbocycles. The maximum Gasteiger partial charge on any atom is 0.246 e. The summed E-state index contributed by atoms with van der Waals surface area (Å²) in [6.07, 6.45) is 1.67. The lowest BCUT2D eigenvalue weighted by molar-refractivity contribution is 0.291. The predicted molar refractivity (Wildman–Crippen MR) is 86.3 cm³/mol. The summed E-state index contributed by atoms with van der Waals surface area (Å²) in [5, 5.41) is 0.387. The van der Waals surface area contributed by atoms with Gasteiger partial charge in [-0.05, 0) is 39.1 Å². The van der Waals surface area contributed by atoms with Crippen molar-refractivity contribution in [3.05, 3.63) is 22.2 Å². The van der Waals surface area contributed by atoms with Gasteiger partial charge in [0.1, 0.15) is 4.90 Å². The zero-order chi connectivity index (χ0) is 15.8. The van der Waals surface area contributed by atoms with Crippen LogP contribution in [0.2, 0.25) is 10.0 Å². The standard InChI is InChI=1S/C13H19Cl2N3O2S/c1-17(2)8-10-4-3-5-18(10)21(19,20)13-11(15)6-9(14)7-12(13)16/h6-7,10H,3-5,8,16H2,1-2H3. The van der Waals surface area contributed by atoms with Crippen LogP contribution in [0.1, 0.15) is 12.8 Å². The number of nitrogens with two attached hydrogens (primary N) is 1. The number of nitrogen functional groups attached to an aromatic ring is 1. The van der Waals surface area contributed by atoms with Crippen molar-refractivity contribution in [2.24, 2.45) is 0 Å². The Morgan fingerprint density at radius 1 is 1.38 bits per heavy atom. The molecule has 1 atom stereocenters. The van der Waals surface area contributed by atoms with Crippen LogP contribution in [0.5, 0.6) is 0 Å². The molecular formula is C13H19Cl2N3O2S. The van der Waals surface area contributed by atoms with Crippen molar-refractivity contribution in [2.45, 2.75) is 23.8 Å². The fourth-order valence-electron chi connectivity index (χ4n) is 2.70. The summed E-state index contributed by atoms with van der Waals surface area (Å²) in [4.78, 5) is 1.94. The van der Waals surface area contributed by atoms with Crippen LogP contribution in [0.3, 0.4) is 0 Å². The Labute approximate surface area is 135 Å². The van der Waals surface area contributed by atoms with Gasteiger partial charge in [0.05, 0.1) is 10.7 Å². The molecule has 0 bridgehead atoms. The van der Waals surface area contributed by atoms with Crippen LogP contribution < -0.4 is 5.73 Å². The van der Waals surface area contributed by atoms with Crippen LogP contribution >= 0.6 is 23.2 Å². The molecule has 1 saturated heterocycles. The van der Waals surface area contributed by atoms with Gasteiger partial charge in [0.25, 0.3) is 0 Å². The molecular weight excluding hydrogens is 333 g/mol. The maximum atomic E-state index is 12.9. The van der Waals surface area contributed by atoms with Crippen molar-refractivity contribution >= 4 is 38.9 Å². The van der Waals surface area contributed by atoms with Crippen molar-refractivity contribution in [1.82, 2.24) is 9.21 Å². The number of halogens is 2. The Morgan fingerprint density at radius 3 is 2.62 bits per heavy atom. The lowest BCUT2D eigenvalue weighted by atomic mass is 10.2. The largest absolute Gasteiger partial charge is 0.398 e. The molecule has 1 fully saturated rings. The number of anilines is 1. The van der Waals surface area contributed by atoms with Gasteiger partial charge in [-0.3, -0.25) is 0 Å². The van der Waals surface area contributed by atoms with Crippen LogP contribution in [0.4, 0.5) is 5.69 Å². The highest BCUT2D eigenvalue weighted by Gasteiger charge is 2.37. The number of nitrogens with zero attached hydrogens (tertiary/aromatic N) is 2. The van der Waals surface area contributed by atoms with E-state index >= 15 is 0 Å². The normalized spacial score (nSPS) is 20.3. The van der Waals surface area contributed by atoms with E-state index in [-0.39, 0.29) is 21.6 Å². The van der Waals surface area contributed by atoms with Gasteiger partial charge in [0.15, 0.2) is 0 Å². The smallest absolute Gasteiger partial charge is 0.246 e. The first kappa shape index (κ1) is 16.8. The highest BCUT2D eigenvalue weighted by atomic mass is 35.5. The molecule has 8 heteroatoms.